The summed E-state index contributed by atoms with van der Waals surface area (Å²) in [7, 11) is 3.91. The van der Waals surface area contributed by atoms with E-state index < -0.39 is 0 Å². The first-order chi connectivity index (χ1) is 19.1. The second-order valence-electron chi connectivity index (χ2n) is 13.5. The molecule has 2 saturated heterocycles. The fraction of sp³-hybridized carbons (Fsp3) is 0.618. The van der Waals surface area contributed by atoms with Gasteiger partial charge in [0.25, 0.3) is 0 Å². The van der Waals surface area contributed by atoms with Gasteiger partial charge in [0.05, 0.1) is 7.11 Å². The van der Waals surface area contributed by atoms with Crippen molar-refractivity contribution in [3.05, 3.63) is 58.7 Å². The monoisotopic (exact) mass is 526 g/mol. The first-order valence-electron chi connectivity index (χ1n) is 15.5. The van der Waals surface area contributed by atoms with Crippen LogP contribution in [0.15, 0.2) is 36.4 Å². The van der Waals surface area contributed by atoms with Crippen molar-refractivity contribution in [3.8, 4) is 11.5 Å². The van der Waals surface area contributed by atoms with Crippen LogP contribution in [0.4, 0.5) is 0 Å². The van der Waals surface area contributed by atoms with Crippen LogP contribution < -0.4 is 14.8 Å². The van der Waals surface area contributed by atoms with Gasteiger partial charge in [-0.25, -0.2) is 0 Å². The van der Waals surface area contributed by atoms with Gasteiger partial charge in [0, 0.05) is 34.9 Å². The van der Waals surface area contributed by atoms with Crippen molar-refractivity contribution in [1.29, 1.82) is 0 Å². The Kier molecular flexibility index (Phi) is 5.52. The SMILES string of the molecule is COc1ccc2c3c1O[C@H]1C(=O)CC[C@H]4[C@@H](C2)N(C)CC[C@]314.c1ccc2c(c1)C[C@H]1NCC[C@@]23CCCC[C@@H]13. The highest BCUT2D eigenvalue weighted by Crippen LogP contribution is 2.63. The smallest absolute Gasteiger partial charge is 0.174 e. The molecular weight excluding hydrogens is 484 g/mol. The van der Waals surface area contributed by atoms with Gasteiger partial charge in [0.15, 0.2) is 23.4 Å². The number of fused-ring (bicyclic) bond motifs is 1. The summed E-state index contributed by atoms with van der Waals surface area (Å²) in [6.45, 7) is 2.28. The standard InChI is InChI=1S/C18H21NO3.C16H21N/c1-19-8-7-18-11-4-5-13(20)17(18)22-16-14(21-2)6-3-10(15(16)18)9-12(11)19;1-2-6-13-12(5-1)11-15-14-7-3-4-8-16(13,14)9-10-17-15/h3,6,11-12,17H,4-5,7-9H2,1-2H3;1-2,5-6,14-15,17H,3-4,7-11H2/t11-,12+,17-,18-;14-,15+,16-/m00/s1. The van der Waals surface area contributed by atoms with Crippen LogP contribution in [0, 0.1) is 11.8 Å². The number of benzene rings is 2. The summed E-state index contributed by atoms with van der Waals surface area (Å²) in [5.41, 5.74) is 6.46. The summed E-state index contributed by atoms with van der Waals surface area (Å²) in [5.74, 6) is 3.38. The lowest BCUT2D eigenvalue weighted by molar-refractivity contribution is -0.138. The van der Waals surface area contributed by atoms with Crippen LogP contribution in [0.2, 0.25) is 0 Å². The number of ketones is 1. The van der Waals surface area contributed by atoms with E-state index in [-0.39, 0.29) is 17.3 Å². The van der Waals surface area contributed by atoms with Crippen molar-refractivity contribution in [3.63, 3.8) is 0 Å². The number of nitrogens with one attached hydrogen (secondary N) is 1. The molecule has 4 bridgehead atoms. The van der Waals surface area contributed by atoms with Gasteiger partial charge in [0.2, 0.25) is 0 Å². The molecule has 7 aliphatic rings. The van der Waals surface area contributed by atoms with Crippen LogP contribution in [0.5, 0.6) is 11.5 Å². The van der Waals surface area contributed by atoms with E-state index in [9.17, 15) is 4.79 Å². The van der Waals surface area contributed by atoms with E-state index in [0.29, 0.717) is 23.8 Å². The molecule has 2 saturated carbocycles. The van der Waals surface area contributed by atoms with E-state index in [2.05, 4.69) is 47.6 Å². The minimum atomic E-state index is -0.284. The molecule has 39 heavy (non-hydrogen) atoms. The average Bonchev–Trinajstić information content (AvgIpc) is 3.32. The summed E-state index contributed by atoms with van der Waals surface area (Å²) in [6, 6.07) is 14.8. The molecule has 0 unspecified atom stereocenters. The van der Waals surface area contributed by atoms with Crippen molar-refractivity contribution in [2.45, 2.75) is 93.2 Å². The Balaban J connectivity index is 0.000000125. The quantitative estimate of drug-likeness (QED) is 0.569. The molecule has 5 nitrogen and oxygen atoms in total. The van der Waals surface area contributed by atoms with Crippen LogP contribution in [-0.4, -0.2) is 56.1 Å². The summed E-state index contributed by atoms with van der Waals surface area (Å²) in [4.78, 5) is 15.1. The van der Waals surface area contributed by atoms with E-state index >= 15 is 0 Å². The molecule has 3 heterocycles. The summed E-state index contributed by atoms with van der Waals surface area (Å²) >= 11 is 0. The molecule has 0 aromatic heterocycles. The lowest BCUT2D eigenvalue weighted by Crippen LogP contribution is -2.65. The maximum absolute atomic E-state index is 12.6. The van der Waals surface area contributed by atoms with E-state index in [0.717, 1.165) is 49.3 Å². The van der Waals surface area contributed by atoms with Crippen molar-refractivity contribution in [2.24, 2.45) is 11.8 Å². The number of ether oxygens (including phenoxy) is 2. The third kappa shape index (κ3) is 3.23. The summed E-state index contributed by atoms with van der Waals surface area (Å²) < 4.78 is 11.8. The zero-order valence-corrected chi connectivity index (χ0v) is 23.5. The van der Waals surface area contributed by atoms with Gasteiger partial charge < -0.3 is 19.7 Å². The normalized spacial score (nSPS) is 38.8. The maximum atomic E-state index is 12.6. The molecule has 2 aromatic carbocycles. The first kappa shape index (κ1) is 24.4. The second-order valence-corrected chi connectivity index (χ2v) is 13.5. The number of Topliss-reactive ketones (excluding diaryl/α,β-unsaturated/α-hetero) is 1. The van der Waals surface area contributed by atoms with Gasteiger partial charge >= 0.3 is 0 Å². The maximum Gasteiger partial charge on any atom is 0.174 e. The van der Waals surface area contributed by atoms with E-state index in [1.165, 1.54) is 56.2 Å². The molecule has 3 aliphatic heterocycles. The van der Waals surface area contributed by atoms with Crippen molar-refractivity contribution >= 4 is 5.78 Å². The number of hydrogen-bond donors (Lipinski definition) is 1. The molecule has 2 aromatic rings. The first-order valence-corrected chi connectivity index (χ1v) is 15.5. The van der Waals surface area contributed by atoms with Crippen LogP contribution in [0.25, 0.3) is 0 Å². The van der Waals surface area contributed by atoms with E-state index in [1.54, 1.807) is 18.2 Å². The number of rotatable bonds is 1. The predicted octanol–water partition coefficient (Wildman–Crippen LogP) is 4.97. The van der Waals surface area contributed by atoms with E-state index in [1.807, 2.05) is 6.07 Å². The largest absolute Gasteiger partial charge is 0.493 e. The third-order valence-electron chi connectivity index (χ3n) is 12.1. The number of carbonyl (C=O) groups excluding carboxylic acids is 1. The van der Waals surface area contributed by atoms with Gasteiger partial charge in [0.1, 0.15) is 0 Å². The number of nitrogens with zero attached hydrogens (tertiary/aromatic N) is 1. The summed E-state index contributed by atoms with van der Waals surface area (Å²) in [6.07, 6.45) is 11.9. The number of hydrogen-bond acceptors (Lipinski definition) is 5. The minimum absolute atomic E-state index is 0.0933. The number of likely N-dealkylation sites (tertiary alicyclic amines) is 1. The van der Waals surface area contributed by atoms with Crippen LogP contribution >= 0.6 is 0 Å². The molecule has 5 heteroatoms. The highest BCUT2D eigenvalue weighted by atomic mass is 16.5. The Morgan fingerprint density at radius 1 is 1.00 bits per heavy atom. The molecule has 0 radical (unpaired) electrons. The Bertz CT molecular complexity index is 1320. The molecule has 1 spiro atoms. The Labute approximate surface area is 232 Å². The topological polar surface area (TPSA) is 50.8 Å². The predicted molar refractivity (Wildman–Crippen MR) is 152 cm³/mol. The highest BCUT2D eigenvalue weighted by molar-refractivity contribution is 5.89. The molecule has 4 fully saturated rings. The van der Waals surface area contributed by atoms with Crippen LogP contribution in [0.1, 0.15) is 73.6 Å². The zero-order valence-electron chi connectivity index (χ0n) is 23.5. The minimum Gasteiger partial charge on any atom is -0.493 e. The van der Waals surface area contributed by atoms with Crippen molar-refractivity contribution in [1.82, 2.24) is 10.2 Å². The second kappa shape index (κ2) is 8.81. The Morgan fingerprint density at radius 2 is 1.90 bits per heavy atom. The van der Waals surface area contributed by atoms with Gasteiger partial charge in [-0.15, -0.1) is 0 Å². The zero-order chi connectivity index (χ0) is 26.4. The fourth-order valence-corrected chi connectivity index (χ4v) is 10.6. The molecule has 7 atom stereocenters. The number of piperidine rings is 2. The Morgan fingerprint density at radius 3 is 2.79 bits per heavy atom. The number of likely N-dealkylation sites (N-methyl/N-ethyl adjacent to an activating group) is 1. The van der Waals surface area contributed by atoms with Crippen molar-refractivity contribution < 1.29 is 14.3 Å². The lowest BCUT2D eigenvalue weighted by atomic mass is 9.52. The van der Waals surface area contributed by atoms with Gasteiger partial charge in [-0.3, -0.25) is 4.79 Å². The molecular formula is C34H42N2O3. The van der Waals surface area contributed by atoms with Gasteiger partial charge in [-0.2, -0.15) is 0 Å². The highest BCUT2D eigenvalue weighted by Gasteiger charge is 2.65. The molecule has 206 valence electrons. The van der Waals surface area contributed by atoms with Crippen LogP contribution in [0.3, 0.4) is 0 Å². The van der Waals surface area contributed by atoms with Gasteiger partial charge in [-0.05, 0) is 99.7 Å². The molecule has 4 aliphatic carbocycles. The third-order valence-corrected chi connectivity index (χ3v) is 12.1. The fourth-order valence-electron chi connectivity index (χ4n) is 10.6. The van der Waals surface area contributed by atoms with E-state index in [4.69, 9.17) is 9.47 Å². The summed E-state index contributed by atoms with van der Waals surface area (Å²) in [5, 5.41) is 3.79. The number of methoxy groups -OCH3 is 1. The van der Waals surface area contributed by atoms with Gasteiger partial charge in [-0.1, -0.05) is 43.2 Å². The molecule has 1 N–H and O–H groups in total. The Hall–Kier alpha value is -2.37. The van der Waals surface area contributed by atoms with Crippen molar-refractivity contribution in [2.75, 3.05) is 27.2 Å². The number of carbonyl (C=O) groups is 1. The molecule has 9 rings (SSSR count). The van der Waals surface area contributed by atoms with Crippen LogP contribution in [-0.2, 0) is 28.5 Å². The lowest BCUT2D eigenvalue weighted by Gasteiger charge is -2.57. The average molecular weight is 527 g/mol. The molecule has 0 amide bonds.